The lowest BCUT2D eigenvalue weighted by atomic mass is 10.1. The first-order valence-corrected chi connectivity index (χ1v) is 6.43. The molecule has 0 unspecified atom stereocenters. The molecule has 1 aromatic rings. The van der Waals surface area contributed by atoms with Crippen LogP contribution < -0.4 is 4.74 Å². The summed E-state index contributed by atoms with van der Waals surface area (Å²) in [5.41, 5.74) is 1.00. The van der Waals surface area contributed by atoms with Crippen LogP contribution in [-0.2, 0) is 11.2 Å². The van der Waals surface area contributed by atoms with Crippen molar-refractivity contribution in [3.8, 4) is 11.5 Å². The van der Waals surface area contributed by atoms with E-state index >= 15 is 0 Å². The molecule has 18 heavy (non-hydrogen) atoms. The van der Waals surface area contributed by atoms with E-state index in [1.165, 1.54) is 0 Å². The molecule has 0 atom stereocenters. The number of phenols is 1. The summed E-state index contributed by atoms with van der Waals surface area (Å²) in [6, 6.07) is 5.02. The Morgan fingerprint density at radius 3 is 2.78 bits per heavy atom. The Hall–Kier alpha value is -1.71. The molecule has 0 aromatic heterocycles. The number of hydrogen-bond acceptors (Lipinski definition) is 3. The number of nitrogens with zero attached hydrogens (tertiary/aromatic N) is 1. The Balaban J connectivity index is 1.96. The molecule has 1 N–H and O–H groups in total. The highest BCUT2D eigenvalue weighted by Crippen LogP contribution is 2.24. The summed E-state index contributed by atoms with van der Waals surface area (Å²) in [7, 11) is 0. The maximum Gasteiger partial charge on any atom is 0.260 e. The number of aryl methyl sites for hydroxylation is 1. The molecule has 1 aliphatic rings. The van der Waals surface area contributed by atoms with Crippen LogP contribution in [0.2, 0.25) is 0 Å². The van der Waals surface area contributed by atoms with Gasteiger partial charge >= 0.3 is 0 Å². The van der Waals surface area contributed by atoms with Gasteiger partial charge in [0.1, 0.15) is 11.5 Å². The fourth-order valence-electron chi connectivity index (χ4n) is 2.17. The highest BCUT2D eigenvalue weighted by Gasteiger charge is 2.18. The Labute approximate surface area is 107 Å². The summed E-state index contributed by atoms with van der Waals surface area (Å²) in [5, 5.41) is 9.43. The summed E-state index contributed by atoms with van der Waals surface area (Å²) in [4.78, 5) is 13.7. The molecule has 0 aliphatic carbocycles. The number of phenolic OH excluding ortho intramolecular Hbond substituents is 1. The van der Waals surface area contributed by atoms with Crippen molar-refractivity contribution in [3.63, 3.8) is 0 Å². The van der Waals surface area contributed by atoms with Gasteiger partial charge in [-0.25, -0.2) is 0 Å². The summed E-state index contributed by atoms with van der Waals surface area (Å²) >= 11 is 0. The minimum atomic E-state index is 0.0258. The highest BCUT2D eigenvalue weighted by molar-refractivity contribution is 5.78. The van der Waals surface area contributed by atoms with Crippen LogP contribution in [0.4, 0.5) is 0 Å². The average Bonchev–Trinajstić information content (AvgIpc) is 2.90. The SMILES string of the molecule is CCc1ccc(O)cc1OCC(=O)N1CCCC1. The van der Waals surface area contributed by atoms with Gasteiger partial charge < -0.3 is 14.7 Å². The number of benzene rings is 1. The van der Waals surface area contributed by atoms with Crippen molar-refractivity contribution in [3.05, 3.63) is 23.8 Å². The largest absolute Gasteiger partial charge is 0.508 e. The van der Waals surface area contributed by atoms with Gasteiger partial charge in [-0.1, -0.05) is 13.0 Å². The van der Waals surface area contributed by atoms with Gasteiger partial charge in [0.25, 0.3) is 5.91 Å². The van der Waals surface area contributed by atoms with E-state index in [2.05, 4.69) is 0 Å². The minimum Gasteiger partial charge on any atom is -0.508 e. The molecule has 1 amide bonds. The second-order valence-corrected chi connectivity index (χ2v) is 4.52. The maximum atomic E-state index is 11.8. The molecule has 0 bridgehead atoms. The van der Waals surface area contributed by atoms with Crippen molar-refractivity contribution >= 4 is 5.91 Å². The number of carbonyl (C=O) groups is 1. The molecule has 98 valence electrons. The summed E-state index contributed by atoms with van der Waals surface area (Å²) in [6.07, 6.45) is 2.98. The second kappa shape index (κ2) is 5.76. The van der Waals surface area contributed by atoms with E-state index in [-0.39, 0.29) is 18.3 Å². The molecule has 2 rings (SSSR count). The summed E-state index contributed by atoms with van der Waals surface area (Å²) in [6.45, 7) is 3.74. The van der Waals surface area contributed by atoms with Crippen molar-refractivity contribution in [1.82, 2.24) is 4.90 Å². The first kappa shape index (κ1) is 12.7. The van der Waals surface area contributed by atoms with Crippen LogP contribution in [0.25, 0.3) is 0 Å². The van der Waals surface area contributed by atoms with Gasteiger partial charge in [0.15, 0.2) is 6.61 Å². The lowest BCUT2D eigenvalue weighted by Crippen LogP contribution is -2.32. The minimum absolute atomic E-state index is 0.0258. The third-order valence-electron chi connectivity index (χ3n) is 3.24. The first-order chi connectivity index (χ1) is 8.70. The van der Waals surface area contributed by atoms with Crippen LogP contribution in [0.3, 0.4) is 0 Å². The topological polar surface area (TPSA) is 49.8 Å². The van der Waals surface area contributed by atoms with E-state index in [4.69, 9.17) is 4.74 Å². The lowest BCUT2D eigenvalue weighted by molar-refractivity contribution is -0.132. The summed E-state index contributed by atoms with van der Waals surface area (Å²) < 4.78 is 5.53. The van der Waals surface area contributed by atoms with E-state index in [0.717, 1.165) is 37.9 Å². The van der Waals surface area contributed by atoms with Crippen LogP contribution in [0.15, 0.2) is 18.2 Å². The number of likely N-dealkylation sites (tertiary alicyclic amines) is 1. The molecule has 4 nitrogen and oxygen atoms in total. The molecule has 4 heteroatoms. The van der Waals surface area contributed by atoms with Gasteiger partial charge in [-0.15, -0.1) is 0 Å². The van der Waals surface area contributed by atoms with E-state index in [9.17, 15) is 9.90 Å². The molecule has 0 saturated carbocycles. The fourth-order valence-corrected chi connectivity index (χ4v) is 2.17. The van der Waals surface area contributed by atoms with Crippen molar-refractivity contribution in [2.24, 2.45) is 0 Å². The van der Waals surface area contributed by atoms with Crippen LogP contribution in [-0.4, -0.2) is 35.6 Å². The maximum absolute atomic E-state index is 11.8. The van der Waals surface area contributed by atoms with Gasteiger partial charge in [0, 0.05) is 19.2 Å². The Morgan fingerprint density at radius 1 is 1.39 bits per heavy atom. The number of amides is 1. The highest BCUT2D eigenvalue weighted by atomic mass is 16.5. The van der Waals surface area contributed by atoms with Crippen molar-refractivity contribution < 1.29 is 14.6 Å². The zero-order valence-electron chi connectivity index (χ0n) is 10.7. The molecule has 0 radical (unpaired) electrons. The number of aromatic hydroxyl groups is 1. The van der Waals surface area contributed by atoms with E-state index in [1.54, 1.807) is 12.1 Å². The quantitative estimate of drug-likeness (QED) is 0.887. The van der Waals surface area contributed by atoms with Crippen molar-refractivity contribution in [2.45, 2.75) is 26.2 Å². The number of ether oxygens (including phenoxy) is 1. The van der Waals surface area contributed by atoms with Gasteiger partial charge in [-0.2, -0.15) is 0 Å². The average molecular weight is 249 g/mol. The first-order valence-electron chi connectivity index (χ1n) is 6.43. The van der Waals surface area contributed by atoms with E-state index in [0.29, 0.717) is 5.75 Å². The van der Waals surface area contributed by atoms with Crippen LogP contribution >= 0.6 is 0 Å². The third kappa shape index (κ3) is 2.94. The van der Waals surface area contributed by atoms with E-state index < -0.39 is 0 Å². The molecule has 0 spiro atoms. The van der Waals surface area contributed by atoms with Gasteiger partial charge in [-0.3, -0.25) is 4.79 Å². The molecule has 1 aromatic carbocycles. The predicted molar refractivity (Wildman–Crippen MR) is 68.8 cm³/mol. The molecule has 1 fully saturated rings. The monoisotopic (exact) mass is 249 g/mol. The molecule has 1 heterocycles. The van der Waals surface area contributed by atoms with Crippen molar-refractivity contribution in [2.75, 3.05) is 19.7 Å². The lowest BCUT2D eigenvalue weighted by Gasteiger charge is -2.16. The number of rotatable bonds is 4. The van der Waals surface area contributed by atoms with Gasteiger partial charge in [-0.05, 0) is 30.9 Å². The zero-order chi connectivity index (χ0) is 13.0. The van der Waals surface area contributed by atoms with Gasteiger partial charge in [0.05, 0.1) is 0 Å². The molecule has 1 aliphatic heterocycles. The normalized spacial score (nSPS) is 14.8. The second-order valence-electron chi connectivity index (χ2n) is 4.52. The summed E-state index contributed by atoms with van der Waals surface area (Å²) in [5.74, 6) is 0.791. The molecular formula is C14H19NO3. The standard InChI is InChI=1S/C14H19NO3/c1-2-11-5-6-12(16)9-13(11)18-10-14(17)15-7-3-4-8-15/h5-6,9,16H,2-4,7-8,10H2,1H3. The fraction of sp³-hybridized carbons (Fsp3) is 0.500. The van der Waals surface area contributed by atoms with Crippen LogP contribution in [0.1, 0.15) is 25.3 Å². The van der Waals surface area contributed by atoms with Crippen LogP contribution in [0, 0.1) is 0 Å². The van der Waals surface area contributed by atoms with Crippen molar-refractivity contribution in [1.29, 1.82) is 0 Å². The third-order valence-corrected chi connectivity index (χ3v) is 3.24. The Kier molecular flexibility index (Phi) is 4.07. The predicted octanol–water partition coefficient (Wildman–Crippen LogP) is 1.96. The Bertz CT molecular complexity index is 425. The number of hydrogen-bond donors (Lipinski definition) is 1. The molecule has 1 saturated heterocycles. The molecular weight excluding hydrogens is 230 g/mol. The van der Waals surface area contributed by atoms with E-state index in [1.807, 2.05) is 17.9 Å². The zero-order valence-corrected chi connectivity index (χ0v) is 10.7. The van der Waals surface area contributed by atoms with Crippen LogP contribution in [0.5, 0.6) is 11.5 Å². The van der Waals surface area contributed by atoms with Gasteiger partial charge in [0.2, 0.25) is 0 Å². The smallest absolute Gasteiger partial charge is 0.260 e. The number of carbonyl (C=O) groups excluding carboxylic acids is 1. The Morgan fingerprint density at radius 2 is 2.11 bits per heavy atom.